The first-order chi connectivity index (χ1) is 11.5. The monoisotopic (exact) mass is 327 g/mol. The van der Waals surface area contributed by atoms with E-state index in [-0.39, 0.29) is 12.6 Å². The van der Waals surface area contributed by atoms with Crippen LogP contribution in [0.15, 0.2) is 54.6 Å². The predicted molar refractivity (Wildman–Crippen MR) is 95.9 cm³/mol. The molecule has 128 valence electrons. The number of hydrogen-bond acceptors (Lipinski definition) is 3. The summed E-state index contributed by atoms with van der Waals surface area (Å²) in [7, 11) is 1.82. The first-order valence-corrected chi connectivity index (χ1v) is 8.14. The molecule has 2 rings (SSSR count). The minimum atomic E-state index is -1.13. The summed E-state index contributed by atoms with van der Waals surface area (Å²) in [5.41, 5.74) is 2.34. The Bertz CT molecular complexity index is 654. The van der Waals surface area contributed by atoms with Gasteiger partial charge in [0, 0.05) is 6.04 Å². The highest BCUT2D eigenvalue weighted by Gasteiger charge is 2.34. The van der Waals surface area contributed by atoms with Crippen molar-refractivity contribution in [3.8, 4) is 11.1 Å². The number of aliphatic carboxylic acids is 1. The molecule has 4 heteroatoms. The van der Waals surface area contributed by atoms with Crippen molar-refractivity contribution in [3.63, 3.8) is 0 Å². The van der Waals surface area contributed by atoms with Gasteiger partial charge in [-0.05, 0) is 43.5 Å². The van der Waals surface area contributed by atoms with Crippen LogP contribution in [0.4, 0.5) is 0 Å². The van der Waals surface area contributed by atoms with Crippen molar-refractivity contribution in [2.75, 3.05) is 13.7 Å². The molecule has 0 unspecified atom stereocenters. The average molecular weight is 327 g/mol. The normalized spacial score (nSPS) is 14.8. The van der Waals surface area contributed by atoms with Gasteiger partial charge in [0.05, 0.1) is 12.0 Å². The second kappa shape index (κ2) is 8.08. The Morgan fingerprint density at radius 1 is 1.08 bits per heavy atom. The standard InChI is InChI=1S/C20H25NO3/c1-20(14-22,19(23)24)13-18(21-2)12-15-8-10-17(11-9-15)16-6-4-3-5-7-16/h3-11,18,21-22H,12-14H2,1-2H3,(H,23,24)/t18-,20+/m1/s1. The number of likely N-dealkylation sites (N-methyl/N-ethyl adjacent to an activating group) is 1. The molecule has 2 aromatic carbocycles. The van der Waals surface area contributed by atoms with E-state index in [1.807, 2.05) is 25.2 Å². The smallest absolute Gasteiger partial charge is 0.311 e. The molecular weight excluding hydrogens is 302 g/mol. The van der Waals surface area contributed by atoms with Crippen molar-refractivity contribution in [3.05, 3.63) is 60.2 Å². The molecule has 0 aromatic heterocycles. The van der Waals surface area contributed by atoms with Crippen LogP contribution in [0.5, 0.6) is 0 Å². The van der Waals surface area contributed by atoms with E-state index in [0.717, 1.165) is 11.1 Å². The van der Waals surface area contributed by atoms with Gasteiger partial charge in [-0.25, -0.2) is 0 Å². The summed E-state index contributed by atoms with van der Waals surface area (Å²) in [5, 5.41) is 21.9. The highest BCUT2D eigenvalue weighted by atomic mass is 16.4. The van der Waals surface area contributed by atoms with Gasteiger partial charge in [0.25, 0.3) is 0 Å². The molecule has 0 aliphatic heterocycles. The topological polar surface area (TPSA) is 69.6 Å². The lowest BCUT2D eigenvalue weighted by molar-refractivity contribution is -0.151. The van der Waals surface area contributed by atoms with Crippen LogP contribution in [0.25, 0.3) is 11.1 Å². The predicted octanol–water partition coefficient (Wildman–Crippen LogP) is 2.96. The molecule has 0 spiro atoms. The molecule has 0 bridgehead atoms. The van der Waals surface area contributed by atoms with Gasteiger partial charge < -0.3 is 15.5 Å². The summed E-state index contributed by atoms with van der Waals surface area (Å²) in [6.07, 6.45) is 1.09. The van der Waals surface area contributed by atoms with Crippen LogP contribution in [-0.4, -0.2) is 35.9 Å². The number of carboxylic acid groups (broad SMARTS) is 1. The van der Waals surface area contributed by atoms with E-state index < -0.39 is 11.4 Å². The van der Waals surface area contributed by atoms with Crippen LogP contribution in [0.3, 0.4) is 0 Å². The van der Waals surface area contributed by atoms with Crippen LogP contribution >= 0.6 is 0 Å². The fourth-order valence-corrected chi connectivity index (χ4v) is 2.79. The maximum atomic E-state index is 11.4. The van der Waals surface area contributed by atoms with Crippen molar-refractivity contribution < 1.29 is 15.0 Å². The Morgan fingerprint density at radius 3 is 2.17 bits per heavy atom. The summed E-state index contributed by atoms with van der Waals surface area (Å²) in [6, 6.07) is 18.5. The first-order valence-electron chi connectivity index (χ1n) is 8.14. The number of aliphatic hydroxyl groups excluding tert-OH is 1. The minimum absolute atomic E-state index is 0.0131. The fourth-order valence-electron chi connectivity index (χ4n) is 2.79. The van der Waals surface area contributed by atoms with Gasteiger partial charge in [-0.15, -0.1) is 0 Å². The van der Waals surface area contributed by atoms with Gasteiger partial charge in [-0.2, -0.15) is 0 Å². The van der Waals surface area contributed by atoms with Gasteiger partial charge in [-0.3, -0.25) is 4.79 Å². The molecular formula is C20H25NO3. The zero-order valence-corrected chi connectivity index (χ0v) is 14.2. The largest absolute Gasteiger partial charge is 0.481 e. The van der Waals surface area contributed by atoms with Crippen molar-refractivity contribution in [1.29, 1.82) is 0 Å². The summed E-state index contributed by atoms with van der Waals surface area (Å²) < 4.78 is 0. The molecule has 0 heterocycles. The molecule has 0 aliphatic rings. The van der Waals surface area contributed by atoms with Gasteiger partial charge in [-0.1, -0.05) is 54.6 Å². The van der Waals surface area contributed by atoms with E-state index in [1.165, 1.54) is 5.56 Å². The Morgan fingerprint density at radius 2 is 1.67 bits per heavy atom. The number of benzene rings is 2. The molecule has 3 N–H and O–H groups in total. The highest BCUT2D eigenvalue weighted by Crippen LogP contribution is 2.25. The van der Waals surface area contributed by atoms with Crippen LogP contribution < -0.4 is 5.32 Å². The summed E-state index contributed by atoms with van der Waals surface area (Å²) >= 11 is 0. The number of carbonyl (C=O) groups is 1. The van der Waals surface area contributed by atoms with E-state index in [1.54, 1.807) is 6.92 Å². The Hall–Kier alpha value is -2.17. The van der Waals surface area contributed by atoms with E-state index >= 15 is 0 Å². The average Bonchev–Trinajstić information content (AvgIpc) is 2.62. The number of hydrogen-bond donors (Lipinski definition) is 3. The van der Waals surface area contributed by atoms with Crippen molar-refractivity contribution in [1.82, 2.24) is 5.32 Å². The lowest BCUT2D eigenvalue weighted by Crippen LogP contribution is -2.40. The summed E-state index contributed by atoms with van der Waals surface area (Å²) in [6.45, 7) is 1.21. The van der Waals surface area contributed by atoms with Gasteiger partial charge in [0.1, 0.15) is 0 Å². The van der Waals surface area contributed by atoms with Crippen molar-refractivity contribution in [2.24, 2.45) is 5.41 Å². The Labute approximate surface area is 143 Å². The van der Waals surface area contributed by atoms with Gasteiger partial charge >= 0.3 is 5.97 Å². The van der Waals surface area contributed by atoms with E-state index in [4.69, 9.17) is 0 Å². The third kappa shape index (κ3) is 4.43. The Kier molecular flexibility index (Phi) is 6.12. The van der Waals surface area contributed by atoms with Crippen LogP contribution in [0, 0.1) is 5.41 Å². The number of aliphatic hydroxyl groups is 1. The molecule has 0 aliphatic carbocycles. The molecule has 24 heavy (non-hydrogen) atoms. The summed E-state index contributed by atoms with van der Waals surface area (Å²) in [4.78, 5) is 11.4. The van der Waals surface area contributed by atoms with Crippen molar-refractivity contribution >= 4 is 5.97 Å². The lowest BCUT2D eigenvalue weighted by atomic mass is 9.82. The van der Waals surface area contributed by atoms with Crippen LogP contribution in [0.1, 0.15) is 18.9 Å². The molecule has 0 saturated heterocycles. The maximum Gasteiger partial charge on any atom is 0.311 e. The summed E-state index contributed by atoms with van der Waals surface area (Å²) in [5.74, 6) is -0.968. The molecule has 4 nitrogen and oxygen atoms in total. The zero-order valence-electron chi connectivity index (χ0n) is 14.2. The van der Waals surface area contributed by atoms with Gasteiger partial charge in [0.2, 0.25) is 0 Å². The third-order valence-corrected chi connectivity index (χ3v) is 4.51. The van der Waals surface area contributed by atoms with Crippen molar-refractivity contribution in [2.45, 2.75) is 25.8 Å². The fraction of sp³-hybridized carbons (Fsp3) is 0.350. The Balaban J connectivity index is 2.07. The lowest BCUT2D eigenvalue weighted by Gasteiger charge is -2.27. The number of rotatable bonds is 8. The first kappa shape index (κ1) is 18.2. The SMILES string of the molecule is CN[C@H](Cc1ccc(-c2ccccc2)cc1)C[C@@](C)(CO)C(=O)O. The van der Waals surface area contributed by atoms with E-state index in [0.29, 0.717) is 12.8 Å². The number of nitrogens with one attached hydrogen (secondary N) is 1. The minimum Gasteiger partial charge on any atom is -0.481 e. The second-order valence-electron chi connectivity index (χ2n) is 6.48. The van der Waals surface area contributed by atoms with E-state index in [2.05, 4.69) is 41.7 Å². The molecule has 0 saturated carbocycles. The highest BCUT2D eigenvalue weighted by molar-refractivity contribution is 5.74. The van der Waals surface area contributed by atoms with Crippen LogP contribution in [-0.2, 0) is 11.2 Å². The molecule has 0 fully saturated rings. The quantitative estimate of drug-likeness (QED) is 0.697. The second-order valence-corrected chi connectivity index (χ2v) is 6.48. The molecule has 0 amide bonds. The molecule has 2 atom stereocenters. The van der Waals surface area contributed by atoms with Gasteiger partial charge in [0.15, 0.2) is 0 Å². The zero-order chi connectivity index (χ0) is 17.6. The molecule has 0 radical (unpaired) electrons. The van der Waals surface area contributed by atoms with E-state index in [9.17, 15) is 15.0 Å². The number of carboxylic acids is 1. The van der Waals surface area contributed by atoms with Crippen LogP contribution in [0.2, 0.25) is 0 Å². The molecule has 2 aromatic rings. The maximum absolute atomic E-state index is 11.4. The third-order valence-electron chi connectivity index (χ3n) is 4.51.